The van der Waals surface area contributed by atoms with Gasteiger partial charge in [0.25, 0.3) is 0 Å². The molecule has 3 rings (SSSR count). The zero-order valence-corrected chi connectivity index (χ0v) is 13.4. The number of carbonyl (C=O) groups excluding carboxylic acids is 2. The van der Waals surface area contributed by atoms with E-state index in [1.54, 1.807) is 12.3 Å². The molecule has 1 amide bonds. The van der Waals surface area contributed by atoms with Crippen LogP contribution in [0.4, 0.5) is 8.78 Å². The molecule has 4 nitrogen and oxygen atoms in total. The van der Waals surface area contributed by atoms with Crippen LogP contribution in [-0.4, -0.2) is 21.9 Å². The third-order valence-electron chi connectivity index (χ3n) is 3.67. The normalized spacial score (nSPS) is 16.6. The van der Waals surface area contributed by atoms with Crippen LogP contribution < -0.4 is 5.32 Å². The second kappa shape index (κ2) is 7.09. The lowest BCUT2D eigenvalue weighted by Gasteiger charge is -2.21. The van der Waals surface area contributed by atoms with E-state index in [-0.39, 0.29) is 31.1 Å². The molecule has 0 spiro atoms. The Morgan fingerprint density at radius 2 is 2.12 bits per heavy atom. The fourth-order valence-electron chi connectivity index (χ4n) is 2.41. The average molecular weight is 348 g/mol. The molecule has 7 heteroatoms. The van der Waals surface area contributed by atoms with E-state index in [9.17, 15) is 18.4 Å². The van der Waals surface area contributed by atoms with Crippen LogP contribution in [0, 0.1) is 11.6 Å². The number of carbonyl (C=O) groups is 2. The second-order valence-electron chi connectivity index (χ2n) is 5.45. The molecule has 1 N–H and O–H groups in total. The first kappa shape index (κ1) is 16.6. The Labute approximate surface area is 141 Å². The Bertz CT molecular complexity index is 798. The van der Waals surface area contributed by atoms with Crippen LogP contribution in [0.5, 0.6) is 0 Å². The van der Waals surface area contributed by atoms with Crippen LogP contribution in [-0.2, 0) is 22.6 Å². The summed E-state index contributed by atoms with van der Waals surface area (Å²) >= 11 is 1.29. The van der Waals surface area contributed by atoms with E-state index >= 15 is 0 Å². The molecule has 24 heavy (non-hydrogen) atoms. The Morgan fingerprint density at radius 3 is 2.92 bits per heavy atom. The van der Waals surface area contributed by atoms with E-state index in [1.807, 2.05) is 6.07 Å². The Morgan fingerprint density at radius 1 is 1.29 bits per heavy atom. The highest BCUT2D eigenvalue weighted by molar-refractivity contribution is 8.00. The molecule has 0 aliphatic carbocycles. The zero-order valence-electron chi connectivity index (χ0n) is 12.6. The van der Waals surface area contributed by atoms with Gasteiger partial charge in [-0.15, -0.1) is 0 Å². The monoisotopic (exact) mass is 348 g/mol. The molecule has 1 aliphatic heterocycles. The van der Waals surface area contributed by atoms with Crippen LogP contribution in [0.25, 0.3) is 0 Å². The first-order valence-electron chi connectivity index (χ1n) is 7.37. The molecule has 1 aromatic heterocycles. The molecule has 0 saturated carbocycles. The van der Waals surface area contributed by atoms with Gasteiger partial charge in [0.1, 0.15) is 5.03 Å². The van der Waals surface area contributed by atoms with Gasteiger partial charge in [-0.3, -0.25) is 9.59 Å². The number of amides is 1. The number of pyridine rings is 1. The maximum absolute atomic E-state index is 13.1. The maximum Gasteiger partial charge on any atom is 0.221 e. The molecular weight excluding hydrogens is 334 g/mol. The van der Waals surface area contributed by atoms with Gasteiger partial charge in [0.05, 0.1) is 5.25 Å². The quantitative estimate of drug-likeness (QED) is 0.923. The van der Waals surface area contributed by atoms with Crippen molar-refractivity contribution in [3.8, 4) is 0 Å². The second-order valence-corrected chi connectivity index (χ2v) is 6.64. The van der Waals surface area contributed by atoms with Gasteiger partial charge in [-0.1, -0.05) is 23.9 Å². The number of halogens is 2. The number of nitrogens with zero attached hydrogens (tertiary/aromatic N) is 1. The van der Waals surface area contributed by atoms with Crippen molar-refractivity contribution in [2.45, 2.75) is 29.7 Å². The van der Waals surface area contributed by atoms with E-state index in [0.717, 1.165) is 22.7 Å². The van der Waals surface area contributed by atoms with Gasteiger partial charge in [0, 0.05) is 25.6 Å². The standard InChI is InChI=1S/C17H14F2N2O2S/c18-12-4-3-10(6-13(12)19)9-21-16(23)8-15-14(22)7-11-2-1-5-20-17(11)24-15/h1-6,15H,7-9H2,(H,21,23). The van der Waals surface area contributed by atoms with Gasteiger partial charge in [-0.25, -0.2) is 13.8 Å². The van der Waals surface area contributed by atoms with Gasteiger partial charge >= 0.3 is 0 Å². The lowest BCUT2D eigenvalue weighted by Crippen LogP contribution is -2.32. The smallest absolute Gasteiger partial charge is 0.221 e. The minimum absolute atomic E-state index is 0.0107. The van der Waals surface area contributed by atoms with E-state index < -0.39 is 16.9 Å². The molecular formula is C17H14F2N2O2S. The first-order valence-corrected chi connectivity index (χ1v) is 8.25. The summed E-state index contributed by atoms with van der Waals surface area (Å²) in [5.74, 6) is -2.21. The van der Waals surface area contributed by atoms with Gasteiger partial charge in [0.2, 0.25) is 5.91 Å². The van der Waals surface area contributed by atoms with Gasteiger partial charge in [-0.2, -0.15) is 0 Å². The highest BCUT2D eigenvalue weighted by atomic mass is 32.2. The molecule has 1 aliphatic rings. The summed E-state index contributed by atoms with van der Waals surface area (Å²) in [5.41, 5.74) is 1.34. The number of fused-ring (bicyclic) bond motifs is 1. The SMILES string of the molecule is O=C(CC1Sc2ncccc2CC1=O)NCc1ccc(F)c(F)c1. The van der Waals surface area contributed by atoms with Crippen LogP contribution in [0.1, 0.15) is 17.5 Å². The lowest BCUT2D eigenvalue weighted by atomic mass is 10.1. The van der Waals surface area contributed by atoms with Crippen LogP contribution in [0.2, 0.25) is 0 Å². The molecule has 0 saturated heterocycles. The molecule has 1 aromatic carbocycles. The first-order chi connectivity index (χ1) is 11.5. The minimum Gasteiger partial charge on any atom is -0.352 e. The van der Waals surface area contributed by atoms with Crippen molar-refractivity contribution in [2.75, 3.05) is 0 Å². The number of Topliss-reactive ketones (excluding diaryl/α,β-unsaturated/α-hetero) is 1. The number of benzene rings is 1. The molecule has 0 fully saturated rings. The Hall–Kier alpha value is -2.28. The summed E-state index contributed by atoms with van der Waals surface area (Å²) in [5, 5.41) is 2.92. The van der Waals surface area contributed by atoms with Crippen molar-refractivity contribution >= 4 is 23.5 Å². The minimum atomic E-state index is -0.956. The molecule has 1 unspecified atom stereocenters. The van der Waals surface area contributed by atoms with Crippen molar-refractivity contribution in [1.29, 1.82) is 0 Å². The van der Waals surface area contributed by atoms with Crippen molar-refractivity contribution in [1.82, 2.24) is 10.3 Å². The van der Waals surface area contributed by atoms with Gasteiger partial charge in [-0.05, 0) is 29.3 Å². The molecule has 1 atom stereocenters. The molecule has 2 heterocycles. The lowest BCUT2D eigenvalue weighted by molar-refractivity contribution is -0.125. The van der Waals surface area contributed by atoms with Crippen LogP contribution in [0.15, 0.2) is 41.6 Å². The molecule has 0 bridgehead atoms. The van der Waals surface area contributed by atoms with E-state index in [2.05, 4.69) is 10.3 Å². The number of rotatable bonds is 4. The summed E-state index contributed by atoms with van der Waals surface area (Å²) in [6, 6.07) is 7.09. The summed E-state index contributed by atoms with van der Waals surface area (Å²) in [6.45, 7) is 0.0798. The number of nitrogens with one attached hydrogen (secondary N) is 1. The fourth-order valence-corrected chi connectivity index (χ4v) is 3.55. The third kappa shape index (κ3) is 3.79. The highest BCUT2D eigenvalue weighted by Crippen LogP contribution is 2.33. The predicted molar refractivity (Wildman–Crippen MR) is 85.4 cm³/mol. The zero-order chi connectivity index (χ0) is 17.1. The van der Waals surface area contributed by atoms with Crippen LogP contribution >= 0.6 is 11.8 Å². The summed E-state index contributed by atoms with van der Waals surface area (Å²) in [4.78, 5) is 28.4. The molecule has 0 radical (unpaired) electrons. The topological polar surface area (TPSA) is 59.1 Å². The predicted octanol–water partition coefficient (Wildman–Crippen LogP) is 2.65. The third-order valence-corrected chi connectivity index (χ3v) is 4.98. The van der Waals surface area contributed by atoms with E-state index in [1.165, 1.54) is 17.8 Å². The highest BCUT2D eigenvalue weighted by Gasteiger charge is 2.29. The van der Waals surface area contributed by atoms with Gasteiger partial charge < -0.3 is 5.32 Å². The Balaban J connectivity index is 1.57. The summed E-state index contributed by atoms with van der Waals surface area (Å²) in [7, 11) is 0. The molecule has 2 aromatic rings. The summed E-state index contributed by atoms with van der Waals surface area (Å²) < 4.78 is 26.0. The van der Waals surface area contributed by atoms with Crippen LogP contribution in [0.3, 0.4) is 0 Å². The number of hydrogen-bond donors (Lipinski definition) is 1. The van der Waals surface area contributed by atoms with E-state index in [0.29, 0.717) is 5.56 Å². The van der Waals surface area contributed by atoms with E-state index in [4.69, 9.17) is 0 Å². The number of aromatic nitrogens is 1. The average Bonchev–Trinajstić information content (AvgIpc) is 2.56. The van der Waals surface area contributed by atoms with Crippen molar-refractivity contribution in [3.63, 3.8) is 0 Å². The fraction of sp³-hybridized carbons (Fsp3) is 0.235. The maximum atomic E-state index is 13.1. The number of thioether (sulfide) groups is 1. The number of hydrogen-bond acceptors (Lipinski definition) is 4. The van der Waals surface area contributed by atoms with Crippen molar-refractivity contribution < 1.29 is 18.4 Å². The largest absolute Gasteiger partial charge is 0.352 e. The Kier molecular flexibility index (Phi) is 4.89. The molecule has 124 valence electrons. The number of ketones is 1. The van der Waals surface area contributed by atoms with Gasteiger partial charge in [0.15, 0.2) is 17.4 Å². The van der Waals surface area contributed by atoms with Crippen molar-refractivity contribution in [2.24, 2.45) is 0 Å². The summed E-state index contributed by atoms with van der Waals surface area (Å²) in [6.07, 6.45) is 1.96. The van der Waals surface area contributed by atoms with Crippen molar-refractivity contribution in [3.05, 3.63) is 59.3 Å².